The van der Waals surface area contributed by atoms with Crippen LogP contribution >= 0.6 is 0 Å². The molecular weight excluding hydrogens is 250 g/mol. The molecule has 2 rings (SSSR count). The first kappa shape index (κ1) is 12.7. The summed E-state index contributed by atoms with van der Waals surface area (Å²) < 4.78 is 23.0. The second-order valence-corrected chi connectivity index (χ2v) is 7.13. The molecule has 1 unspecified atom stereocenters. The van der Waals surface area contributed by atoms with Gasteiger partial charge in [-0.1, -0.05) is 0 Å². The summed E-state index contributed by atoms with van der Waals surface area (Å²) in [5, 5.41) is 12.0. The van der Waals surface area contributed by atoms with Crippen molar-refractivity contribution in [1.82, 2.24) is 0 Å². The van der Waals surface area contributed by atoms with Gasteiger partial charge in [0.1, 0.15) is 6.07 Å². The second kappa shape index (κ2) is 4.18. The summed E-state index contributed by atoms with van der Waals surface area (Å²) in [5.74, 6) is 0.335. The van der Waals surface area contributed by atoms with E-state index < -0.39 is 15.4 Å². The Labute approximate surface area is 107 Å². The molecule has 6 heteroatoms. The van der Waals surface area contributed by atoms with Crippen molar-refractivity contribution < 1.29 is 8.42 Å². The number of nitrogens with two attached hydrogens (primary N) is 1. The molecule has 1 aliphatic heterocycles. The summed E-state index contributed by atoms with van der Waals surface area (Å²) in [4.78, 5) is 0. The maximum atomic E-state index is 11.5. The fraction of sp³-hybridized carbons (Fsp3) is 0.417. The summed E-state index contributed by atoms with van der Waals surface area (Å²) in [6.07, 6.45) is 0.579. The zero-order valence-corrected chi connectivity index (χ0v) is 10.9. The van der Waals surface area contributed by atoms with Gasteiger partial charge in [-0.15, -0.1) is 0 Å². The number of nitriles is 1. The number of nitrogen functional groups attached to an aromatic ring is 1. The van der Waals surface area contributed by atoms with Crippen LogP contribution in [0.4, 0.5) is 11.4 Å². The molecule has 1 aromatic rings. The van der Waals surface area contributed by atoms with Crippen LogP contribution in [0.15, 0.2) is 18.2 Å². The number of benzene rings is 1. The molecule has 0 radical (unpaired) electrons. The number of anilines is 2. The lowest BCUT2D eigenvalue weighted by Crippen LogP contribution is -2.35. The number of hydrogen-bond acceptors (Lipinski definition) is 5. The number of nitrogens with one attached hydrogen (secondary N) is 1. The quantitative estimate of drug-likeness (QED) is 0.781. The second-order valence-electron chi connectivity index (χ2n) is 4.94. The lowest BCUT2D eigenvalue weighted by Gasteiger charge is -2.25. The fourth-order valence-electron chi connectivity index (χ4n) is 2.20. The molecule has 1 fully saturated rings. The van der Waals surface area contributed by atoms with Crippen molar-refractivity contribution in [2.45, 2.75) is 18.9 Å². The van der Waals surface area contributed by atoms with Gasteiger partial charge in [-0.3, -0.25) is 0 Å². The molecule has 0 saturated carbocycles. The van der Waals surface area contributed by atoms with Gasteiger partial charge in [-0.25, -0.2) is 8.42 Å². The van der Waals surface area contributed by atoms with Crippen LogP contribution in [0.5, 0.6) is 0 Å². The average Bonchev–Trinajstić information content (AvgIpc) is 2.53. The highest BCUT2D eigenvalue weighted by atomic mass is 32.2. The molecule has 0 amide bonds. The van der Waals surface area contributed by atoms with E-state index in [0.29, 0.717) is 17.7 Å². The van der Waals surface area contributed by atoms with E-state index in [9.17, 15) is 8.42 Å². The molecular formula is C12H15N3O2S. The van der Waals surface area contributed by atoms with Crippen molar-refractivity contribution in [3.63, 3.8) is 0 Å². The molecule has 0 aromatic heterocycles. The Morgan fingerprint density at radius 2 is 2.22 bits per heavy atom. The minimum absolute atomic E-state index is 0.125. The zero-order chi connectivity index (χ0) is 13.4. The Balaban J connectivity index is 2.21. The Bertz CT molecular complexity index is 619. The first-order valence-corrected chi connectivity index (χ1v) is 7.44. The topological polar surface area (TPSA) is 96.0 Å². The largest absolute Gasteiger partial charge is 0.398 e. The van der Waals surface area contributed by atoms with Crippen LogP contribution in [-0.2, 0) is 9.84 Å². The maximum Gasteiger partial charge on any atom is 0.152 e. The molecule has 1 aliphatic rings. The van der Waals surface area contributed by atoms with Crippen LogP contribution in [0.1, 0.15) is 18.9 Å². The predicted molar refractivity (Wildman–Crippen MR) is 70.9 cm³/mol. The van der Waals surface area contributed by atoms with Gasteiger partial charge < -0.3 is 11.1 Å². The molecule has 18 heavy (non-hydrogen) atoms. The Kier molecular flexibility index (Phi) is 2.95. The van der Waals surface area contributed by atoms with Crippen molar-refractivity contribution in [1.29, 1.82) is 5.26 Å². The third kappa shape index (κ3) is 2.57. The van der Waals surface area contributed by atoms with Crippen LogP contribution in [0, 0.1) is 11.3 Å². The predicted octanol–water partition coefficient (Wildman–Crippen LogP) is 1.13. The normalized spacial score (nSPS) is 25.6. The number of rotatable bonds is 2. The van der Waals surface area contributed by atoms with Crippen molar-refractivity contribution in [2.75, 3.05) is 22.6 Å². The first-order valence-electron chi connectivity index (χ1n) is 5.62. The van der Waals surface area contributed by atoms with Crippen LogP contribution in [0.25, 0.3) is 0 Å². The average molecular weight is 265 g/mol. The number of nitrogens with zero attached hydrogens (tertiary/aromatic N) is 1. The van der Waals surface area contributed by atoms with Crippen LogP contribution < -0.4 is 11.1 Å². The number of hydrogen-bond donors (Lipinski definition) is 2. The molecule has 5 nitrogen and oxygen atoms in total. The summed E-state index contributed by atoms with van der Waals surface area (Å²) in [5.41, 5.74) is 6.82. The van der Waals surface area contributed by atoms with Crippen molar-refractivity contribution >= 4 is 21.2 Å². The third-order valence-electron chi connectivity index (χ3n) is 3.12. The van der Waals surface area contributed by atoms with Gasteiger partial charge in [0.15, 0.2) is 9.84 Å². The Hall–Kier alpha value is -1.74. The van der Waals surface area contributed by atoms with Gasteiger partial charge in [-0.05, 0) is 31.5 Å². The van der Waals surface area contributed by atoms with Crippen LogP contribution in [0.2, 0.25) is 0 Å². The summed E-state index contributed by atoms with van der Waals surface area (Å²) in [7, 11) is -2.94. The molecule has 0 aliphatic carbocycles. The monoisotopic (exact) mass is 265 g/mol. The van der Waals surface area contributed by atoms with E-state index in [1.807, 2.05) is 13.0 Å². The molecule has 1 atom stereocenters. The van der Waals surface area contributed by atoms with Crippen LogP contribution in [0.3, 0.4) is 0 Å². The van der Waals surface area contributed by atoms with Crippen LogP contribution in [-0.4, -0.2) is 25.5 Å². The van der Waals surface area contributed by atoms with Gasteiger partial charge in [0.2, 0.25) is 0 Å². The molecule has 1 aromatic carbocycles. The van der Waals surface area contributed by atoms with Crippen molar-refractivity contribution in [2.24, 2.45) is 0 Å². The van der Waals surface area contributed by atoms with Gasteiger partial charge in [-0.2, -0.15) is 5.26 Å². The highest BCUT2D eigenvalue weighted by molar-refractivity contribution is 7.91. The minimum atomic E-state index is -2.94. The van der Waals surface area contributed by atoms with Gasteiger partial charge in [0.25, 0.3) is 0 Å². The molecule has 1 heterocycles. The standard InChI is InChI=1S/C12H15N3O2S/c1-12(4-5-18(16,17)8-12)15-10-3-2-9(7-13)11(14)6-10/h2-3,6,15H,4-5,8,14H2,1H3. The lowest BCUT2D eigenvalue weighted by atomic mass is 10.0. The van der Waals surface area contributed by atoms with Gasteiger partial charge >= 0.3 is 0 Å². The highest BCUT2D eigenvalue weighted by Gasteiger charge is 2.38. The zero-order valence-electron chi connectivity index (χ0n) is 10.1. The summed E-state index contributed by atoms with van der Waals surface area (Å²) in [6.45, 7) is 1.88. The van der Waals surface area contributed by atoms with Gasteiger partial charge in [0.05, 0.1) is 22.8 Å². The third-order valence-corrected chi connectivity index (χ3v) is 5.02. The first-order chi connectivity index (χ1) is 8.34. The SMILES string of the molecule is CC1(Nc2ccc(C#N)c(N)c2)CCS(=O)(=O)C1. The van der Waals surface area contributed by atoms with E-state index in [4.69, 9.17) is 11.0 Å². The molecule has 0 spiro atoms. The Morgan fingerprint density at radius 3 is 2.72 bits per heavy atom. The smallest absolute Gasteiger partial charge is 0.152 e. The van der Waals surface area contributed by atoms with E-state index in [1.165, 1.54) is 0 Å². The van der Waals surface area contributed by atoms with Gasteiger partial charge in [0, 0.05) is 11.2 Å². The van der Waals surface area contributed by atoms with E-state index in [1.54, 1.807) is 18.2 Å². The highest BCUT2D eigenvalue weighted by Crippen LogP contribution is 2.28. The van der Waals surface area contributed by atoms with Crippen molar-refractivity contribution in [3.05, 3.63) is 23.8 Å². The minimum Gasteiger partial charge on any atom is -0.398 e. The number of sulfone groups is 1. The van der Waals surface area contributed by atoms with E-state index in [2.05, 4.69) is 5.32 Å². The summed E-state index contributed by atoms with van der Waals surface area (Å²) in [6, 6.07) is 7.02. The molecule has 3 N–H and O–H groups in total. The summed E-state index contributed by atoms with van der Waals surface area (Å²) >= 11 is 0. The molecule has 0 bridgehead atoms. The fourth-order valence-corrected chi connectivity index (χ4v) is 4.29. The lowest BCUT2D eigenvalue weighted by molar-refractivity contribution is 0.574. The molecule has 96 valence electrons. The Morgan fingerprint density at radius 1 is 1.50 bits per heavy atom. The van der Waals surface area contributed by atoms with Crippen molar-refractivity contribution in [3.8, 4) is 6.07 Å². The molecule has 1 saturated heterocycles. The maximum absolute atomic E-state index is 11.5. The van der Waals surface area contributed by atoms with E-state index in [0.717, 1.165) is 5.69 Å². The van der Waals surface area contributed by atoms with E-state index >= 15 is 0 Å². The van der Waals surface area contributed by atoms with E-state index in [-0.39, 0.29) is 11.5 Å².